The number of nitrogens with zero attached hydrogens (tertiary/aromatic N) is 1. The number of amides is 1. The van der Waals surface area contributed by atoms with Crippen molar-refractivity contribution in [3.05, 3.63) is 0 Å². The van der Waals surface area contributed by atoms with Crippen molar-refractivity contribution in [3.8, 4) is 0 Å². The van der Waals surface area contributed by atoms with Crippen LogP contribution >= 0.6 is 0 Å². The second-order valence-corrected chi connectivity index (χ2v) is 7.86. The first-order valence-electron chi connectivity index (χ1n) is 9.13. The number of nitrogens with one attached hydrogen (secondary N) is 1. The Labute approximate surface area is 140 Å². The third-order valence-electron chi connectivity index (χ3n) is 5.71. The molecule has 2 fully saturated rings. The Morgan fingerprint density at radius 3 is 2.43 bits per heavy atom. The van der Waals surface area contributed by atoms with Crippen LogP contribution in [0.3, 0.4) is 0 Å². The van der Waals surface area contributed by atoms with E-state index in [1.54, 1.807) is 7.11 Å². The normalized spacial score (nSPS) is 23.1. The number of β-amino-alcohol motifs (C(OH)–C–C–N with tert-alkyl or cyclic N) is 1. The zero-order valence-corrected chi connectivity index (χ0v) is 15.0. The molecule has 1 saturated heterocycles. The Hall–Kier alpha value is -0.650. The number of hydrogen-bond donors (Lipinski definition) is 2. The van der Waals surface area contributed by atoms with E-state index in [4.69, 9.17) is 4.74 Å². The van der Waals surface area contributed by atoms with E-state index in [2.05, 4.69) is 24.1 Å². The summed E-state index contributed by atoms with van der Waals surface area (Å²) in [6, 6.07) is 0.277. The van der Waals surface area contributed by atoms with Crippen LogP contribution in [0.1, 0.15) is 52.4 Å². The van der Waals surface area contributed by atoms with Crippen molar-refractivity contribution >= 4 is 5.91 Å². The van der Waals surface area contributed by atoms with Gasteiger partial charge in [-0.25, -0.2) is 0 Å². The van der Waals surface area contributed by atoms with Gasteiger partial charge in [0, 0.05) is 38.2 Å². The monoisotopic (exact) mass is 326 g/mol. The molecule has 1 saturated carbocycles. The summed E-state index contributed by atoms with van der Waals surface area (Å²) in [5.74, 6) is 0.758. The van der Waals surface area contributed by atoms with Crippen molar-refractivity contribution in [1.29, 1.82) is 0 Å². The van der Waals surface area contributed by atoms with Gasteiger partial charge in [0.1, 0.15) is 0 Å². The van der Waals surface area contributed by atoms with Crippen molar-refractivity contribution in [2.75, 3.05) is 33.4 Å². The molecule has 0 spiro atoms. The lowest BCUT2D eigenvalue weighted by Crippen LogP contribution is -2.50. The van der Waals surface area contributed by atoms with Crippen LogP contribution in [-0.2, 0) is 9.53 Å². The van der Waals surface area contributed by atoms with Crippen LogP contribution in [0.15, 0.2) is 0 Å². The predicted molar refractivity (Wildman–Crippen MR) is 91.2 cm³/mol. The second-order valence-electron chi connectivity index (χ2n) is 7.86. The standard InChI is InChI=1S/C18H34N2O3/c1-18(2,14-6-4-5-7-14)17(22)19-15-8-10-20(11-9-15)12-16(21)13-23-3/h14-16,21H,4-13H2,1-3H3,(H,19,22). The molecule has 1 heterocycles. The molecule has 1 unspecified atom stereocenters. The lowest BCUT2D eigenvalue weighted by atomic mass is 9.76. The average Bonchev–Trinajstić information content (AvgIpc) is 3.04. The summed E-state index contributed by atoms with van der Waals surface area (Å²) >= 11 is 0. The molecule has 0 aromatic carbocycles. The van der Waals surface area contributed by atoms with Gasteiger partial charge in [0.2, 0.25) is 5.91 Å². The number of hydrogen-bond acceptors (Lipinski definition) is 4. The van der Waals surface area contributed by atoms with E-state index in [9.17, 15) is 9.90 Å². The summed E-state index contributed by atoms with van der Waals surface area (Å²) in [5.41, 5.74) is -0.248. The molecular formula is C18H34N2O3. The zero-order chi connectivity index (χ0) is 16.9. The minimum Gasteiger partial charge on any atom is -0.389 e. The molecule has 2 aliphatic rings. The Morgan fingerprint density at radius 1 is 1.26 bits per heavy atom. The van der Waals surface area contributed by atoms with Crippen LogP contribution in [-0.4, -0.2) is 61.4 Å². The van der Waals surface area contributed by atoms with Gasteiger partial charge < -0.3 is 20.1 Å². The average molecular weight is 326 g/mol. The van der Waals surface area contributed by atoms with Crippen LogP contribution < -0.4 is 5.32 Å². The Kier molecular flexibility index (Phi) is 6.86. The Morgan fingerprint density at radius 2 is 1.87 bits per heavy atom. The van der Waals surface area contributed by atoms with E-state index in [-0.39, 0.29) is 17.4 Å². The molecule has 1 amide bonds. The van der Waals surface area contributed by atoms with Crippen LogP contribution in [0, 0.1) is 11.3 Å². The maximum absolute atomic E-state index is 12.7. The van der Waals surface area contributed by atoms with Crippen LogP contribution in [0.25, 0.3) is 0 Å². The summed E-state index contributed by atoms with van der Waals surface area (Å²) in [6.07, 6.45) is 6.42. The first kappa shape index (κ1) is 18.7. The molecule has 2 N–H and O–H groups in total. The molecule has 0 bridgehead atoms. The number of carbonyl (C=O) groups is 1. The van der Waals surface area contributed by atoms with E-state index >= 15 is 0 Å². The molecule has 2 rings (SSSR count). The molecule has 0 aromatic rings. The number of aliphatic hydroxyl groups is 1. The number of aliphatic hydroxyl groups excluding tert-OH is 1. The number of rotatable bonds is 7. The van der Waals surface area contributed by atoms with E-state index in [0.717, 1.165) is 25.9 Å². The van der Waals surface area contributed by atoms with Gasteiger partial charge in [0.15, 0.2) is 0 Å². The fourth-order valence-corrected chi connectivity index (χ4v) is 4.01. The van der Waals surface area contributed by atoms with Crippen molar-refractivity contribution in [1.82, 2.24) is 10.2 Å². The Balaban J connectivity index is 1.74. The highest BCUT2D eigenvalue weighted by Crippen LogP contribution is 2.39. The van der Waals surface area contributed by atoms with Gasteiger partial charge in [-0.3, -0.25) is 4.79 Å². The van der Waals surface area contributed by atoms with Crippen LogP contribution in [0.5, 0.6) is 0 Å². The summed E-state index contributed by atoms with van der Waals surface area (Å²) in [6.45, 7) is 7.10. The number of methoxy groups -OCH3 is 1. The molecule has 5 nitrogen and oxygen atoms in total. The molecular weight excluding hydrogens is 292 g/mol. The third-order valence-corrected chi connectivity index (χ3v) is 5.71. The van der Waals surface area contributed by atoms with E-state index in [0.29, 0.717) is 19.1 Å². The minimum atomic E-state index is -0.424. The molecule has 23 heavy (non-hydrogen) atoms. The van der Waals surface area contributed by atoms with E-state index in [1.165, 1.54) is 25.7 Å². The second kappa shape index (κ2) is 8.45. The first-order chi connectivity index (χ1) is 10.9. The largest absolute Gasteiger partial charge is 0.389 e. The van der Waals surface area contributed by atoms with Crippen LogP contribution in [0.4, 0.5) is 0 Å². The summed E-state index contributed by atoms with van der Waals surface area (Å²) in [7, 11) is 1.61. The zero-order valence-electron chi connectivity index (χ0n) is 15.0. The minimum absolute atomic E-state index is 0.224. The van der Waals surface area contributed by atoms with Gasteiger partial charge in [-0.15, -0.1) is 0 Å². The molecule has 5 heteroatoms. The highest BCUT2D eigenvalue weighted by molar-refractivity contribution is 5.82. The fraction of sp³-hybridized carbons (Fsp3) is 0.944. The fourth-order valence-electron chi connectivity index (χ4n) is 4.01. The third kappa shape index (κ3) is 5.16. The Bertz CT molecular complexity index is 372. The van der Waals surface area contributed by atoms with Gasteiger partial charge in [-0.05, 0) is 31.6 Å². The summed E-state index contributed by atoms with van der Waals surface area (Å²) in [4.78, 5) is 14.9. The topological polar surface area (TPSA) is 61.8 Å². The smallest absolute Gasteiger partial charge is 0.226 e. The maximum atomic E-state index is 12.7. The van der Waals surface area contributed by atoms with Crippen molar-refractivity contribution < 1.29 is 14.6 Å². The number of ether oxygens (including phenoxy) is 1. The lowest BCUT2D eigenvalue weighted by Gasteiger charge is -2.36. The van der Waals surface area contributed by atoms with Gasteiger partial charge >= 0.3 is 0 Å². The van der Waals surface area contributed by atoms with Gasteiger partial charge in [-0.2, -0.15) is 0 Å². The molecule has 0 radical (unpaired) electrons. The van der Waals surface area contributed by atoms with E-state index < -0.39 is 6.10 Å². The highest BCUT2D eigenvalue weighted by Gasteiger charge is 2.39. The molecule has 1 aliphatic carbocycles. The highest BCUT2D eigenvalue weighted by atomic mass is 16.5. The number of likely N-dealkylation sites (tertiary alicyclic amines) is 1. The van der Waals surface area contributed by atoms with Gasteiger partial charge in [-0.1, -0.05) is 26.7 Å². The van der Waals surface area contributed by atoms with Gasteiger partial charge in [0.05, 0.1) is 12.7 Å². The molecule has 1 atom stereocenters. The number of carbonyl (C=O) groups excluding carboxylic acids is 1. The van der Waals surface area contributed by atoms with Gasteiger partial charge in [0.25, 0.3) is 0 Å². The molecule has 0 aromatic heterocycles. The van der Waals surface area contributed by atoms with Crippen molar-refractivity contribution in [2.45, 2.75) is 64.5 Å². The predicted octanol–water partition coefficient (Wildman–Crippen LogP) is 1.79. The lowest BCUT2D eigenvalue weighted by molar-refractivity contribution is -0.133. The number of piperidine rings is 1. The summed E-state index contributed by atoms with van der Waals surface area (Å²) in [5, 5.41) is 13.1. The SMILES string of the molecule is COCC(O)CN1CCC(NC(=O)C(C)(C)C2CCCC2)CC1. The molecule has 134 valence electrons. The van der Waals surface area contributed by atoms with Crippen molar-refractivity contribution in [2.24, 2.45) is 11.3 Å². The molecule has 1 aliphatic heterocycles. The van der Waals surface area contributed by atoms with Crippen LogP contribution in [0.2, 0.25) is 0 Å². The van der Waals surface area contributed by atoms with E-state index in [1.807, 2.05) is 0 Å². The summed E-state index contributed by atoms with van der Waals surface area (Å²) < 4.78 is 4.97. The van der Waals surface area contributed by atoms with Crippen molar-refractivity contribution in [3.63, 3.8) is 0 Å². The maximum Gasteiger partial charge on any atom is 0.226 e. The first-order valence-corrected chi connectivity index (χ1v) is 9.13. The quantitative estimate of drug-likeness (QED) is 0.749.